The number of carbonyl (C=O) groups is 2. The van der Waals surface area contributed by atoms with Gasteiger partial charge in [-0.15, -0.1) is 0 Å². The van der Waals surface area contributed by atoms with Crippen molar-refractivity contribution < 1.29 is 14.7 Å². The van der Waals surface area contributed by atoms with Crippen molar-refractivity contribution in [2.75, 3.05) is 0 Å². The summed E-state index contributed by atoms with van der Waals surface area (Å²) < 4.78 is 0. The fourth-order valence-electron chi connectivity index (χ4n) is 3.16. The van der Waals surface area contributed by atoms with E-state index in [1.54, 1.807) is 13.0 Å². The molecular weight excluding hydrogens is 228 g/mol. The van der Waals surface area contributed by atoms with Gasteiger partial charge in [-0.3, -0.25) is 9.59 Å². The molecule has 0 aromatic heterocycles. The van der Waals surface area contributed by atoms with Gasteiger partial charge in [-0.05, 0) is 43.8 Å². The number of carboxylic acids is 1. The fourth-order valence-corrected chi connectivity index (χ4v) is 3.16. The maximum Gasteiger partial charge on any atom is 0.306 e. The molecular formula is C15H20O3. The number of hydrogen-bond donors (Lipinski definition) is 1. The molecule has 0 spiro atoms. The lowest BCUT2D eigenvalue weighted by molar-refractivity contribution is -0.143. The molecule has 0 saturated heterocycles. The molecule has 3 heteroatoms. The molecule has 1 N–H and O–H groups in total. The van der Waals surface area contributed by atoms with Crippen LogP contribution in [0.5, 0.6) is 0 Å². The van der Waals surface area contributed by atoms with Crippen molar-refractivity contribution in [3.05, 3.63) is 23.3 Å². The monoisotopic (exact) mass is 248 g/mol. The molecule has 3 atom stereocenters. The van der Waals surface area contributed by atoms with Crippen LogP contribution in [0.2, 0.25) is 0 Å². The van der Waals surface area contributed by atoms with Crippen molar-refractivity contribution in [2.24, 2.45) is 17.3 Å². The average Bonchev–Trinajstić information content (AvgIpc) is 2.33. The summed E-state index contributed by atoms with van der Waals surface area (Å²) in [7, 11) is 0. The second-order valence-electron chi connectivity index (χ2n) is 5.85. The second kappa shape index (κ2) is 4.38. The number of ketones is 1. The first-order valence-electron chi connectivity index (χ1n) is 6.52. The minimum absolute atomic E-state index is 0.0350. The Kier molecular flexibility index (Phi) is 3.18. The summed E-state index contributed by atoms with van der Waals surface area (Å²) in [5.74, 6) is -0.846. The predicted octanol–water partition coefficient (Wildman–Crippen LogP) is 2.97. The number of carboxylic acid groups (broad SMARTS) is 1. The topological polar surface area (TPSA) is 54.4 Å². The van der Waals surface area contributed by atoms with E-state index < -0.39 is 5.97 Å². The van der Waals surface area contributed by atoms with Gasteiger partial charge in [0.25, 0.3) is 0 Å². The van der Waals surface area contributed by atoms with Crippen molar-refractivity contribution in [3.63, 3.8) is 0 Å². The van der Waals surface area contributed by atoms with Crippen LogP contribution in [-0.2, 0) is 9.59 Å². The Labute approximate surface area is 108 Å². The molecule has 18 heavy (non-hydrogen) atoms. The summed E-state index contributed by atoms with van der Waals surface area (Å²) in [6.07, 6.45) is 6.26. The molecule has 1 saturated carbocycles. The summed E-state index contributed by atoms with van der Waals surface area (Å²) in [6.45, 7) is 5.79. The lowest BCUT2D eigenvalue weighted by Crippen LogP contribution is -2.34. The smallest absolute Gasteiger partial charge is 0.306 e. The number of fused-ring (bicyclic) bond motifs is 1. The second-order valence-corrected chi connectivity index (χ2v) is 5.85. The van der Waals surface area contributed by atoms with Crippen molar-refractivity contribution in [1.82, 2.24) is 0 Å². The molecule has 2 aliphatic rings. The van der Waals surface area contributed by atoms with Gasteiger partial charge in [0.1, 0.15) is 0 Å². The van der Waals surface area contributed by atoms with E-state index in [0.717, 1.165) is 30.4 Å². The van der Waals surface area contributed by atoms with E-state index in [0.29, 0.717) is 0 Å². The van der Waals surface area contributed by atoms with Crippen LogP contribution in [0.4, 0.5) is 0 Å². The number of hydrogen-bond acceptors (Lipinski definition) is 2. The SMILES string of the molecule is CC1=C2C[C@H](C(C)C(=O)O)CC[C@@]2(C)C=CC1=O. The number of rotatable bonds is 2. The normalized spacial score (nSPS) is 33.3. The Morgan fingerprint density at radius 3 is 2.83 bits per heavy atom. The van der Waals surface area contributed by atoms with E-state index >= 15 is 0 Å². The van der Waals surface area contributed by atoms with E-state index in [1.807, 2.05) is 13.0 Å². The molecule has 0 aliphatic heterocycles. The highest BCUT2D eigenvalue weighted by Crippen LogP contribution is 2.49. The van der Waals surface area contributed by atoms with Crippen LogP contribution in [0.15, 0.2) is 23.3 Å². The van der Waals surface area contributed by atoms with Gasteiger partial charge < -0.3 is 5.11 Å². The van der Waals surface area contributed by atoms with Gasteiger partial charge in [-0.2, -0.15) is 0 Å². The highest BCUT2D eigenvalue weighted by Gasteiger charge is 2.40. The highest BCUT2D eigenvalue weighted by atomic mass is 16.4. The van der Waals surface area contributed by atoms with Crippen LogP contribution >= 0.6 is 0 Å². The fraction of sp³-hybridized carbons (Fsp3) is 0.600. The zero-order chi connectivity index (χ0) is 13.5. The van der Waals surface area contributed by atoms with Gasteiger partial charge in [0.2, 0.25) is 0 Å². The van der Waals surface area contributed by atoms with Crippen LogP contribution < -0.4 is 0 Å². The van der Waals surface area contributed by atoms with E-state index in [4.69, 9.17) is 5.11 Å². The van der Waals surface area contributed by atoms with E-state index in [-0.39, 0.29) is 23.0 Å². The third-order valence-corrected chi connectivity index (χ3v) is 4.71. The molecule has 1 fully saturated rings. The molecule has 98 valence electrons. The first-order chi connectivity index (χ1) is 8.35. The van der Waals surface area contributed by atoms with Gasteiger partial charge in [-0.1, -0.05) is 25.5 Å². The molecule has 0 amide bonds. The van der Waals surface area contributed by atoms with Crippen LogP contribution in [0, 0.1) is 17.3 Å². The van der Waals surface area contributed by atoms with Crippen LogP contribution in [0.3, 0.4) is 0 Å². The van der Waals surface area contributed by atoms with Gasteiger partial charge in [0.05, 0.1) is 5.92 Å². The standard InChI is InChI=1S/C15H20O3/c1-9(14(17)18)11-4-6-15(3)7-5-13(16)10(2)12(15)8-11/h5,7,9,11H,4,6,8H2,1-3H3,(H,17,18)/t9?,11-,15+/m1/s1. The van der Waals surface area contributed by atoms with Crippen molar-refractivity contribution >= 4 is 11.8 Å². The van der Waals surface area contributed by atoms with E-state index in [1.165, 1.54) is 0 Å². The van der Waals surface area contributed by atoms with Crippen LogP contribution in [0.1, 0.15) is 40.0 Å². The van der Waals surface area contributed by atoms with Crippen LogP contribution in [-0.4, -0.2) is 16.9 Å². The van der Waals surface area contributed by atoms with Gasteiger partial charge in [0.15, 0.2) is 5.78 Å². The third-order valence-electron chi connectivity index (χ3n) is 4.71. The number of carbonyl (C=O) groups excluding carboxylic acids is 1. The average molecular weight is 248 g/mol. The summed E-state index contributed by atoms with van der Waals surface area (Å²) in [6, 6.07) is 0. The Balaban J connectivity index is 2.29. The van der Waals surface area contributed by atoms with Crippen LogP contribution in [0.25, 0.3) is 0 Å². The Hall–Kier alpha value is -1.38. The van der Waals surface area contributed by atoms with Crippen molar-refractivity contribution in [1.29, 1.82) is 0 Å². The largest absolute Gasteiger partial charge is 0.481 e. The van der Waals surface area contributed by atoms with Gasteiger partial charge >= 0.3 is 5.97 Å². The Morgan fingerprint density at radius 2 is 2.22 bits per heavy atom. The quantitative estimate of drug-likeness (QED) is 0.817. The molecule has 0 heterocycles. The first kappa shape index (κ1) is 13.1. The summed E-state index contributed by atoms with van der Waals surface area (Å²) in [5.41, 5.74) is 1.94. The lowest BCUT2D eigenvalue weighted by Gasteiger charge is -2.41. The van der Waals surface area contributed by atoms with Gasteiger partial charge in [0, 0.05) is 5.41 Å². The zero-order valence-electron chi connectivity index (χ0n) is 11.2. The molecule has 0 bridgehead atoms. The molecule has 0 aromatic carbocycles. The number of allylic oxidation sites excluding steroid dienone is 4. The molecule has 0 aromatic rings. The molecule has 2 rings (SSSR count). The van der Waals surface area contributed by atoms with E-state index in [9.17, 15) is 9.59 Å². The molecule has 1 unspecified atom stereocenters. The highest BCUT2D eigenvalue weighted by molar-refractivity contribution is 6.05. The minimum Gasteiger partial charge on any atom is -0.481 e. The molecule has 0 radical (unpaired) electrons. The molecule has 3 nitrogen and oxygen atoms in total. The lowest BCUT2D eigenvalue weighted by atomic mass is 9.62. The summed E-state index contributed by atoms with van der Waals surface area (Å²) >= 11 is 0. The van der Waals surface area contributed by atoms with Crippen molar-refractivity contribution in [2.45, 2.75) is 40.0 Å². The maximum atomic E-state index is 11.7. The Bertz CT molecular complexity index is 458. The molecule has 2 aliphatic carbocycles. The van der Waals surface area contributed by atoms with Crippen molar-refractivity contribution in [3.8, 4) is 0 Å². The number of aliphatic carboxylic acids is 1. The third kappa shape index (κ3) is 2.02. The van der Waals surface area contributed by atoms with E-state index in [2.05, 4.69) is 6.92 Å². The minimum atomic E-state index is -0.737. The predicted molar refractivity (Wildman–Crippen MR) is 69.1 cm³/mol. The zero-order valence-corrected chi connectivity index (χ0v) is 11.2. The summed E-state index contributed by atoms with van der Waals surface area (Å²) in [4.78, 5) is 22.8. The Morgan fingerprint density at radius 1 is 1.56 bits per heavy atom. The summed E-state index contributed by atoms with van der Waals surface area (Å²) in [5, 5.41) is 9.12. The van der Waals surface area contributed by atoms with Gasteiger partial charge in [-0.25, -0.2) is 0 Å². The first-order valence-corrected chi connectivity index (χ1v) is 6.52. The maximum absolute atomic E-state index is 11.7.